The van der Waals surface area contributed by atoms with E-state index in [4.69, 9.17) is 9.72 Å². The summed E-state index contributed by atoms with van der Waals surface area (Å²) in [7, 11) is 1.33. The molecule has 3 aromatic rings. The molecule has 4 rings (SSSR count). The number of esters is 1. The van der Waals surface area contributed by atoms with Gasteiger partial charge in [0, 0.05) is 43.2 Å². The van der Waals surface area contributed by atoms with Gasteiger partial charge in [0.15, 0.2) is 5.16 Å². The molecule has 1 aliphatic heterocycles. The highest BCUT2D eigenvalue weighted by Gasteiger charge is 2.29. The Hall–Kier alpha value is -3.40. The number of thioether (sulfide) groups is 1. The average molecular weight is 468 g/mol. The van der Waals surface area contributed by atoms with Gasteiger partial charge in [-0.25, -0.2) is 19.3 Å². The third-order valence-electron chi connectivity index (χ3n) is 5.38. The average Bonchev–Trinajstić information content (AvgIpc) is 2.87. The Morgan fingerprint density at radius 3 is 2.73 bits per heavy atom. The number of benzene rings is 1. The van der Waals surface area contributed by atoms with Gasteiger partial charge < -0.3 is 9.64 Å². The topological polar surface area (TPSA) is 98.2 Å². The predicted octanol–water partition coefficient (Wildman–Crippen LogP) is 3.36. The van der Waals surface area contributed by atoms with Gasteiger partial charge in [-0.15, -0.1) is 0 Å². The smallest absolute Gasteiger partial charge is 0.316 e. The molecule has 0 bridgehead atoms. The van der Waals surface area contributed by atoms with Gasteiger partial charge in [0.1, 0.15) is 11.5 Å². The first-order chi connectivity index (χ1) is 16.0. The molecule has 0 radical (unpaired) electrons. The van der Waals surface area contributed by atoms with Crippen molar-refractivity contribution < 1.29 is 18.7 Å². The van der Waals surface area contributed by atoms with E-state index in [2.05, 4.69) is 15.0 Å². The van der Waals surface area contributed by atoms with Crippen molar-refractivity contribution in [1.29, 1.82) is 0 Å². The lowest BCUT2D eigenvalue weighted by atomic mass is 9.90. The number of ether oxygens (including phenoxy) is 1. The molecular weight excluding hydrogens is 445 g/mol. The van der Waals surface area contributed by atoms with Crippen molar-refractivity contribution in [2.45, 2.75) is 23.9 Å². The number of rotatable bonds is 6. The summed E-state index contributed by atoms with van der Waals surface area (Å²) in [5, 5.41) is 0.443. The Labute approximate surface area is 194 Å². The molecule has 170 valence electrons. The Kier molecular flexibility index (Phi) is 7.23. The second kappa shape index (κ2) is 10.5. The van der Waals surface area contributed by atoms with E-state index in [0.717, 1.165) is 29.7 Å². The number of amides is 1. The minimum atomic E-state index is -0.369. The van der Waals surface area contributed by atoms with E-state index < -0.39 is 0 Å². The molecule has 3 heterocycles. The molecule has 33 heavy (non-hydrogen) atoms. The van der Waals surface area contributed by atoms with Crippen molar-refractivity contribution in [3.05, 3.63) is 66.3 Å². The highest BCUT2D eigenvalue weighted by molar-refractivity contribution is 7.99. The van der Waals surface area contributed by atoms with Crippen LogP contribution in [0, 0.1) is 5.82 Å². The van der Waals surface area contributed by atoms with Gasteiger partial charge in [0.25, 0.3) is 5.91 Å². The van der Waals surface area contributed by atoms with Gasteiger partial charge in [-0.05, 0) is 30.5 Å². The van der Waals surface area contributed by atoms with Gasteiger partial charge in [-0.3, -0.25) is 14.6 Å². The molecule has 0 spiro atoms. The maximum atomic E-state index is 13.5. The van der Waals surface area contributed by atoms with Crippen LogP contribution in [0.5, 0.6) is 0 Å². The number of carbonyl (C=O) groups excluding carboxylic acids is 2. The molecule has 0 unspecified atom stereocenters. The third-order valence-corrected chi connectivity index (χ3v) is 6.21. The largest absolute Gasteiger partial charge is 0.468 e. The molecule has 1 fully saturated rings. The number of likely N-dealkylation sites (tertiary alicyclic amines) is 1. The minimum Gasteiger partial charge on any atom is -0.468 e. The van der Waals surface area contributed by atoms with Crippen LogP contribution in [0.1, 0.15) is 34.9 Å². The van der Waals surface area contributed by atoms with Crippen LogP contribution in [0.4, 0.5) is 4.39 Å². The molecule has 10 heteroatoms. The molecule has 1 saturated heterocycles. The van der Waals surface area contributed by atoms with Gasteiger partial charge in [0.05, 0.1) is 24.8 Å². The minimum absolute atomic E-state index is 0.0556. The molecule has 1 aliphatic rings. The van der Waals surface area contributed by atoms with E-state index in [9.17, 15) is 14.0 Å². The molecule has 1 atom stereocenters. The summed E-state index contributed by atoms with van der Waals surface area (Å²) in [5.41, 5.74) is 2.62. The van der Waals surface area contributed by atoms with Crippen LogP contribution in [0.3, 0.4) is 0 Å². The summed E-state index contributed by atoms with van der Waals surface area (Å²) in [5.74, 6) is -0.838. The van der Waals surface area contributed by atoms with Gasteiger partial charge in [-0.2, -0.15) is 0 Å². The van der Waals surface area contributed by atoms with E-state index in [-0.39, 0.29) is 29.4 Å². The molecule has 1 aromatic carbocycles. The number of hydrogen-bond acceptors (Lipinski definition) is 8. The fourth-order valence-electron chi connectivity index (χ4n) is 3.75. The molecular formula is C23H22FN5O3S. The van der Waals surface area contributed by atoms with E-state index in [0.29, 0.717) is 23.9 Å². The Bertz CT molecular complexity index is 1130. The van der Waals surface area contributed by atoms with E-state index >= 15 is 0 Å². The SMILES string of the molecule is COC(=O)CSc1ncc(-c2ccc(F)cc2)c([C@H]2CCCN(C(=O)c3cnccn3)C2)n1. The van der Waals surface area contributed by atoms with Gasteiger partial charge >= 0.3 is 5.97 Å². The lowest BCUT2D eigenvalue weighted by molar-refractivity contribution is -0.137. The predicted molar refractivity (Wildman–Crippen MR) is 120 cm³/mol. The molecule has 0 saturated carbocycles. The van der Waals surface area contributed by atoms with Crippen molar-refractivity contribution in [3.8, 4) is 11.1 Å². The summed E-state index contributed by atoms with van der Waals surface area (Å²) in [6, 6.07) is 6.15. The lowest BCUT2D eigenvalue weighted by Gasteiger charge is -2.33. The highest BCUT2D eigenvalue weighted by Crippen LogP contribution is 2.34. The zero-order valence-electron chi connectivity index (χ0n) is 18.0. The number of halogens is 1. The molecule has 1 amide bonds. The van der Waals surface area contributed by atoms with Crippen molar-refractivity contribution in [2.24, 2.45) is 0 Å². The zero-order valence-corrected chi connectivity index (χ0v) is 18.8. The van der Waals surface area contributed by atoms with Gasteiger partial charge in [0.2, 0.25) is 0 Å². The van der Waals surface area contributed by atoms with Crippen LogP contribution < -0.4 is 0 Å². The Morgan fingerprint density at radius 2 is 2.00 bits per heavy atom. The van der Waals surface area contributed by atoms with E-state index in [1.54, 1.807) is 23.2 Å². The first-order valence-electron chi connectivity index (χ1n) is 10.4. The van der Waals surface area contributed by atoms with Crippen LogP contribution in [0.25, 0.3) is 11.1 Å². The standard InChI is InChI=1S/C23H22FN5O3S/c1-32-20(30)14-33-23-27-11-18(15-4-6-17(24)7-5-15)21(28-23)16-3-2-10-29(13-16)22(31)19-12-25-8-9-26-19/h4-9,11-12,16H,2-3,10,13-14H2,1H3/t16-/m0/s1. The maximum absolute atomic E-state index is 13.5. The number of nitrogens with zero attached hydrogens (tertiary/aromatic N) is 5. The lowest BCUT2D eigenvalue weighted by Crippen LogP contribution is -2.39. The molecule has 2 aromatic heterocycles. The van der Waals surface area contributed by atoms with Crippen molar-refractivity contribution in [1.82, 2.24) is 24.8 Å². The number of piperidine rings is 1. The van der Waals surface area contributed by atoms with Crippen LogP contribution in [-0.4, -0.2) is 62.7 Å². The summed E-state index contributed by atoms with van der Waals surface area (Å²) in [6.07, 6.45) is 7.81. The Balaban J connectivity index is 1.64. The highest BCUT2D eigenvalue weighted by atomic mass is 32.2. The number of carbonyl (C=O) groups is 2. The summed E-state index contributed by atoms with van der Waals surface area (Å²) in [4.78, 5) is 43.5. The fourth-order valence-corrected chi connectivity index (χ4v) is 4.40. The summed E-state index contributed by atoms with van der Waals surface area (Å²) < 4.78 is 18.2. The van der Waals surface area contributed by atoms with Crippen molar-refractivity contribution in [3.63, 3.8) is 0 Å². The van der Waals surface area contributed by atoms with Crippen LogP contribution in [-0.2, 0) is 9.53 Å². The number of methoxy groups -OCH3 is 1. The van der Waals surface area contributed by atoms with E-state index in [1.807, 2.05) is 0 Å². The number of hydrogen-bond donors (Lipinski definition) is 0. The van der Waals surface area contributed by atoms with Crippen LogP contribution >= 0.6 is 11.8 Å². The zero-order chi connectivity index (χ0) is 23.2. The maximum Gasteiger partial charge on any atom is 0.316 e. The summed E-state index contributed by atoms with van der Waals surface area (Å²) >= 11 is 1.19. The molecule has 0 aliphatic carbocycles. The first-order valence-corrected chi connectivity index (χ1v) is 11.4. The Morgan fingerprint density at radius 1 is 1.18 bits per heavy atom. The fraction of sp³-hybridized carbons (Fsp3) is 0.304. The molecule has 0 N–H and O–H groups in total. The van der Waals surface area contributed by atoms with E-state index in [1.165, 1.54) is 49.6 Å². The monoisotopic (exact) mass is 467 g/mol. The van der Waals surface area contributed by atoms with Crippen LogP contribution in [0.2, 0.25) is 0 Å². The van der Waals surface area contributed by atoms with Gasteiger partial charge in [-0.1, -0.05) is 23.9 Å². The second-order valence-corrected chi connectivity index (χ2v) is 8.45. The third kappa shape index (κ3) is 5.51. The quantitative estimate of drug-likeness (QED) is 0.309. The summed E-state index contributed by atoms with van der Waals surface area (Å²) in [6.45, 7) is 1.08. The number of aromatic nitrogens is 4. The second-order valence-electron chi connectivity index (χ2n) is 7.50. The first kappa shape index (κ1) is 22.8. The van der Waals surface area contributed by atoms with Crippen molar-refractivity contribution in [2.75, 3.05) is 26.0 Å². The molecule has 8 nitrogen and oxygen atoms in total. The normalized spacial score (nSPS) is 15.8. The van der Waals surface area contributed by atoms with Crippen molar-refractivity contribution >= 4 is 23.6 Å². The van der Waals surface area contributed by atoms with Crippen LogP contribution in [0.15, 0.2) is 54.2 Å².